The number of benzene rings is 2. The van der Waals surface area contributed by atoms with Gasteiger partial charge in [0.15, 0.2) is 11.5 Å². The highest BCUT2D eigenvalue weighted by atomic mass is 19.1. The molecule has 2 heterocycles. The lowest BCUT2D eigenvalue weighted by Gasteiger charge is -2.29. The van der Waals surface area contributed by atoms with Crippen molar-refractivity contribution in [2.75, 3.05) is 49.7 Å². The van der Waals surface area contributed by atoms with E-state index in [0.717, 1.165) is 23.5 Å². The second kappa shape index (κ2) is 9.13. The minimum absolute atomic E-state index is 0.157. The van der Waals surface area contributed by atoms with Crippen LogP contribution in [0.3, 0.4) is 0 Å². The van der Waals surface area contributed by atoms with E-state index in [1.807, 2.05) is 23.1 Å². The molecule has 0 aliphatic carbocycles. The zero-order chi connectivity index (χ0) is 20.1. The van der Waals surface area contributed by atoms with Crippen molar-refractivity contribution in [2.24, 2.45) is 0 Å². The van der Waals surface area contributed by atoms with Crippen molar-refractivity contribution in [3.63, 3.8) is 0 Å². The first-order valence-corrected chi connectivity index (χ1v) is 10.00. The Labute approximate surface area is 169 Å². The van der Waals surface area contributed by atoms with Crippen LogP contribution in [0, 0.1) is 5.82 Å². The van der Waals surface area contributed by atoms with Gasteiger partial charge >= 0.3 is 0 Å². The molecule has 0 spiro atoms. The molecule has 1 amide bonds. The quantitative estimate of drug-likeness (QED) is 0.834. The van der Waals surface area contributed by atoms with Gasteiger partial charge in [-0.3, -0.25) is 4.79 Å². The summed E-state index contributed by atoms with van der Waals surface area (Å²) in [6.07, 6.45) is 1.72. The second-order valence-corrected chi connectivity index (χ2v) is 7.15. The molecule has 29 heavy (non-hydrogen) atoms. The Morgan fingerprint density at radius 2 is 1.79 bits per heavy atom. The van der Waals surface area contributed by atoms with Crippen LogP contribution in [0.15, 0.2) is 36.4 Å². The highest BCUT2D eigenvalue weighted by Crippen LogP contribution is 2.31. The zero-order valence-corrected chi connectivity index (χ0v) is 16.3. The Balaban J connectivity index is 1.33. The minimum atomic E-state index is -0.340. The Bertz CT molecular complexity index is 868. The summed E-state index contributed by atoms with van der Waals surface area (Å²) in [5, 5.41) is 2.78. The summed E-state index contributed by atoms with van der Waals surface area (Å²) < 4.78 is 31.1. The van der Waals surface area contributed by atoms with Crippen LogP contribution in [-0.2, 0) is 16.0 Å². The number of hydrogen-bond donors (Lipinski definition) is 1. The molecule has 2 aromatic rings. The fourth-order valence-corrected chi connectivity index (χ4v) is 3.49. The normalized spacial score (nSPS) is 16.2. The maximum Gasteiger partial charge on any atom is 0.224 e. The molecular weight excluding hydrogens is 375 g/mol. The van der Waals surface area contributed by atoms with E-state index < -0.39 is 0 Å². The SMILES string of the molecule is O=C(CCc1ccc2c(c1)OCCCO2)Nc1ccc(N2CCOCC2)c(F)c1. The standard InChI is InChI=1S/C22H25FN2O4/c23-18-15-17(4-5-19(18)25-8-12-27-13-9-25)24-22(26)7-3-16-2-6-20-21(14-16)29-11-1-10-28-20/h2,4-6,14-15H,1,3,7-13H2,(H,24,26). The number of anilines is 2. The number of hydrogen-bond acceptors (Lipinski definition) is 5. The van der Waals surface area contributed by atoms with Crippen LogP contribution in [0.5, 0.6) is 11.5 Å². The number of aryl methyl sites for hydroxylation is 1. The Morgan fingerprint density at radius 3 is 2.59 bits per heavy atom. The predicted molar refractivity (Wildman–Crippen MR) is 108 cm³/mol. The molecule has 2 aromatic carbocycles. The summed E-state index contributed by atoms with van der Waals surface area (Å²) in [5.74, 6) is 0.968. The van der Waals surface area contributed by atoms with Gasteiger partial charge in [0.25, 0.3) is 0 Å². The lowest BCUT2D eigenvalue weighted by atomic mass is 10.1. The Kier molecular flexibility index (Phi) is 6.14. The van der Waals surface area contributed by atoms with Gasteiger partial charge in [0.1, 0.15) is 5.82 Å². The molecule has 0 atom stereocenters. The molecular formula is C22H25FN2O4. The third-order valence-corrected chi connectivity index (χ3v) is 5.04. The van der Waals surface area contributed by atoms with E-state index in [2.05, 4.69) is 5.32 Å². The van der Waals surface area contributed by atoms with Crippen LogP contribution in [0.1, 0.15) is 18.4 Å². The average molecular weight is 400 g/mol. The maximum absolute atomic E-state index is 14.5. The number of rotatable bonds is 5. The van der Waals surface area contributed by atoms with Crippen LogP contribution in [0.25, 0.3) is 0 Å². The van der Waals surface area contributed by atoms with Crippen LogP contribution in [0.4, 0.5) is 15.8 Å². The molecule has 0 bridgehead atoms. The van der Waals surface area contributed by atoms with E-state index in [4.69, 9.17) is 14.2 Å². The molecule has 154 valence electrons. The second-order valence-electron chi connectivity index (χ2n) is 7.15. The van der Waals surface area contributed by atoms with E-state index in [9.17, 15) is 9.18 Å². The van der Waals surface area contributed by atoms with Crippen LogP contribution >= 0.6 is 0 Å². The fourth-order valence-electron chi connectivity index (χ4n) is 3.49. The molecule has 6 nitrogen and oxygen atoms in total. The van der Waals surface area contributed by atoms with Crippen molar-refractivity contribution >= 4 is 17.3 Å². The van der Waals surface area contributed by atoms with E-state index in [-0.39, 0.29) is 11.7 Å². The molecule has 0 unspecified atom stereocenters. The first-order chi connectivity index (χ1) is 14.2. The van der Waals surface area contributed by atoms with E-state index in [0.29, 0.717) is 63.7 Å². The number of halogens is 1. The van der Waals surface area contributed by atoms with Crippen molar-refractivity contribution in [3.05, 3.63) is 47.8 Å². The van der Waals surface area contributed by atoms with Gasteiger partial charge in [-0.05, 0) is 42.3 Å². The predicted octanol–water partition coefficient (Wildman–Crippen LogP) is 3.39. The van der Waals surface area contributed by atoms with Crippen molar-refractivity contribution in [3.8, 4) is 11.5 Å². The zero-order valence-electron chi connectivity index (χ0n) is 16.3. The monoisotopic (exact) mass is 400 g/mol. The number of fused-ring (bicyclic) bond motifs is 1. The van der Waals surface area contributed by atoms with Gasteiger partial charge in [-0.1, -0.05) is 6.07 Å². The van der Waals surface area contributed by atoms with Gasteiger partial charge < -0.3 is 24.4 Å². The summed E-state index contributed by atoms with van der Waals surface area (Å²) in [6, 6.07) is 10.6. The van der Waals surface area contributed by atoms with Gasteiger partial charge in [-0.25, -0.2) is 4.39 Å². The summed E-state index contributed by atoms with van der Waals surface area (Å²) in [5.41, 5.74) is 2.00. The summed E-state index contributed by atoms with van der Waals surface area (Å²) in [7, 11) is 0. The van der Waals surface area contributed by atoms with Gasteiger partial charge in [0, 0.05) is 31.6 Å². The van der Waals surface area contributed by atoms with Gasteiger partial charge in [-0.15, -0.1) is 0 Å². The molecule has 2 aliphatic heterocycles. The van der Waals surface area contributed by atoms with Crippen LogP contribution in [-0.4, -0.2) is 45.4 Å². The first-order valence-electron chi connectivity index (χ1n) is 10.00. The third-order valence-electron chi connectivity index (χ3n) is 5.04. The fraction of sp³-hybridized carbons (Fsp3) is 0.409. The van der Waals surface area contributed by atoms with Crippen molar-refractivity contribution in [2.45, 2.75) is 19.3 Å². The average Bonchev–Trinajstić information content (AvgIpc) is 2.98. The van der Waals surface area contributed by atoms with Crippen molar-refractivity contribution in [1.29, 1.82) is 0 Å². The number of ether oxygens (including phenoxy) is 3. The molecule has 0 aromatic heterocycles. The smallest absolute Gasteiger partial charge is 0.224 e. The number of carbonyl (C=O) groups excluding carboxylic acids is 1. The van der Waals surface area contributed by atoms with E-state index in [1.165, 1.54) is 6.07 Å². The number of morpholine rings is 1. The van der Waals surface area contributed by atoms with Gasteiger partial charge in [-0.2, -0.15) is 0 Å². The third kappa shape index (κ3) is 4.98. The highest BCUT2D eigenvalue weighted by Gasteiger charge is 2.16. The van der Waals surface area contributed by atoms with Gasteiger partial charge in [0.2, 0.25) is 5.91 Å². The van der Waals surface area contributed by atoms with Crippen molar-refractivity contribution < 1.29 is 23.4 Å². The lowest BCUT2D eigenvalue weighted by Crippen LogP contribution is -2.36. The van der Waals surface area contributed by atoms with Gasteiger partial charge in [0.05, 0.1) is 32.1 Å². The topological polar surface area (TPSA) is 60.0 Å². The van der Waals surface area contributed by atoms with Crippen LogP contribution in [0.2, 0.25) is 0 Å². The minimum Gasteiger partial charge on any atom is -0.490 e. The van der Waals surface area contributed by atoms with E-state index in [1.54, 1.807) is 12.1 Å². The Morgan fingerprint density at radius 1 is 1.00 bits per heavy atom. The molecule has 2 aliphatic rings. The lowest BCUT2D eigenvalue weighted by molar-refractivity contribution is -0.116. The first kappa shape index (κ1) is 19.5. The van der Waals surface area contributed by atoms with Crippen LogP contribution < -0.4 is 19.7 Å². The molecule has 1 saturated heterocycles. The van der Waals surface area contributed by atoms with E-state index >= 15 is 0 Å². The molecule has 0 saturated carbocycles. The highest BCUT2D eigenvalue weighted by molar-refractivity contribution is 5.91. The van der Waals surface area contributed by atoms with Crippen molar-refractivity contribution in [1.82, 2.24) is 0 Å². The number of nitrogens with one attached hydrogen (secondary N) is 1. The molecule has 4 rings (SSSR count). The number of amides is 1. The largest absolute Gasteiger partial charge is 0.490 e. The summed E-state index contributed by atoms with van der Waals surface area (Å²) >= 11 is 0. The summed E-state index contributed by atoms with van der Waals surface area (Å²) in [6.45, 7) is 3.80. The number of carbonyl (C=O) groups is 1. The molecule has 0 radical (unpaired) electrons. The molecule has 1 fully saturated rings. The molecule has 7 heteroatoms. The number of nitrogens with zero attached hydrogens (tertiary/aromatic N) is 1. The Hall–Kier alpha value is -2.80. The maximum atomic E-state index is 14.5. The molecule has 1 N–H and O–H groups in total. The summed E-state index contributed by atoms with van der Waals surface area (Å²) in [4.78, 5) is 14.3.